The maximum absolute atomic E-state index is 7.32. The van der Waals surface area contributed by atoms with Gasteiger partial charge in [-0.25, -0.2) is 0 Å². The molecule has 3 nitrogen and oxygen atoms in total. The molecule has 0 aromatic carbocycles. The third kappa shape index (κ3) is 5.28. The smallest absolute Gasteiger partial charge is 0.0587 e. The molecule has 3 N–H and O–H groups in total. The highest BCUT2D eigenvalue weighted by atomic mass is 14.9. The van der Waals surface area contributed by atoms with Crippen LogP contribution in [-0.4, -0.2) is 19.1 Å². The Hall–Kier alpha value is -0.590. The molecular formula is C6H13N3. The fourth-order valence-corrected chi connectivity index (χ4v) is 0.677. The number of nitrogens with one attached hydrogen (secondary N) is 1. The van der Waals surface area contributed by atoms with Crippen LogP contribution >= 0.6 is 0 Å². The molecule has 1 heterocycles. The largest absolute Gasteiger partial charge is 0.327 e. The van der Waals surface area contributed by atoms with Crippen molar-refractivity contribution in [3.05, 3.63) is 0 Å². The SMILES string of the molecule is CC#N.N[C@@H]1CCNC1. The van der Waals surface area contributed by atoms with Gasteiger partial charge < -0.3 is 11.1 Å². The predicted octanol–water partition coefficient (Wildman–Crippen LogP) is -0.163. The van der Waals surface area contributed by atoms with E-state index in [-0.39, 0.29) is 0 Å². The van der Waals surface area contributed by atoms with Crippen LogP contribution in [0.2, 0.25) is 0 Å². The molecule has 1 aliphatic heterocycles. The van der Waals surface area contributed by atoms with Crippen LogP contribution in [0.3, 0.4) is 0 Å². The second kappa shape index (κ2) is 5.54. The molecule has 0 amide bonds. The topological polar surface area (TPSA) is 61.8 Å². The van der Waals surface area contributed by atoms with Crippen molar-refractivity contribution in [3.8, 4) is 6.07 Å². The van der Waals surface area contributed by atoms with Crippen LogP contribution in [0.4, 0.5) is 0 Å². The molecule has 1 saturated heterocycles. The summed E-state index contributed by atoms with van der Waals surface area (Å²) in [6.07, 6.45) is 1.15. The third-order valence-corrected chi connectivity index (χ3v) is 1.10. The molecule has 0 spiro atoms. The summed E-state index contributed by atoms with van der Waals surface area (Å²) in [5.41, 5.74) is 5.47. The zero-order valence-corrected chi connectivity index (χ0v) is 5.72. The van der Waals surface area contributed by atoms with Gasteiger partial charge in [-0.2, -0.15) is 5.26 Å². The van der Waals surface area contributed by atoms with E-state index in [0.717, 1.165) is 19.5 Å². The lowest BCUT2D eigenvalue weighted by molar-refractivity contribution is 0.742. The Morgan fingerprint density at radius 2 is 2.33 bits per heavy atom. The maximum Gasteiger partial charge on any atom is 0.0587 e. The second-order valence-electron chi connectivity index (χ2n) is 1.98. The predicted molar refractivity (Wildman–Crippen MR) is 36.7 cm³/mol. The minimum atomic E-state index is 0.435. The molecule has 0 aromatic rings. The first kappa shape index (κ1) is 8.41. The van der Waals surface area contributed by atoms with Crippen LogP contribution in [0.15, 0.2) is 0 Å². The van der Waals surface area contributed by atoms with Gasteiger partial charge in [-0.15, -0.1) is 0 Å². The Morgan fingerprint density at radius 3 is 2.44 bits per heavy atom. The lowest BCUT2D eigenvalue weighted by atomic mass is 10.3. The molecule has 1 fully saturated rings. The number of rotatable bonds is 0. The summed E-state index contributed by atoms with van der Waals surface area (Å²) >= 11 is 0. The third-order valence-electron chi connectivity index (χ3n) is 1.10. The molecule has 1 rings (SSSR count). The van der Waals surface area contributed by atoms with E-state index in [1.165, 1.54) is 6.92 Å². The van der Waals surface area contributed by atoms with Gasteiger partial charge >= 0.3 is 0 Å². The lowest BCUT2D eigenvalue weighted by Crippen LogP contribution is -2.21. The first-order valence-corrected chi connectivity index (χ1v) is 3.08. The Labute approximate surface area is 55.8 Å². The van der Waals surface area contributed by atoms with Crippen molar-refractivity contribution in [2.75, 3.05) is 13.1 Å². The summed E-state index contributed by atoms with van der Waals surface area (Å²) in [7, 11) is 0. The minimum Gasteiger partial charge on any atom is -0.327 e. The monoisotopic (exact) mass is 127 g/mol. The Balaban J connectivity index is 0.000000187. The van der Waals surface area contributed by atoms with E-state index >= 15 is 0 Å². The molecule has 52 valence electrons. The lowest BCUT2D eigenvalue weighted by Gasteiger charge is -1.91. The van der Waals surface area contributed by atoms with E-state index < -0.39 is 0 Å². The van der Waals surface area contributed by atoms with Crippen molar-refractivity contribution in [3.63, 3.8) is 0 Å². The molecule has 3 heteroatoms. The molecule has 0 bridgehead atoms. The van der Waals surface area contributed by atoms with Gasteiger partial charge in [-0.1, -0.05) is 0 Å². The summed E-state index contributed by atoms with van der Waals surface area (Å²) in [5.74, 6) is 0. The molecule has 1 aliphatic rings. The van der Waals surface area contributed by atoms with Gasteiger partial charge in [-0.3, -0.25) is 0 Å². The van der Waals surface area contributed by atoms with Crippen molar-refractivity contribution >= 4 is 0 Å². The van der Waals surface area contributed by atoms with E-state index in [9.17, 15) is 0 Å². The van der Waals surface area contributed by atoms with E-state index in [4.69, 9.17) is 11.0 Å². The van der Waals surface area contributed by atoms with Gasteiger partial charge in [0, 0.05) is 19.5 Å². The van der Waals surface area contributed by atoms with E-state index in [0.29, 0.717) is 6.04 Å². The van der Waals surface area contributed by atoms with Crippen LogP contribution in [0.5, 0.6) is 0 Å². The highest BCUT2D eigenvalue weighted by Gasteiger charge is 2.06. The standard InChI is InChI=1S/C4H10N2.C2H3N/c5-4-1-2-6-3-4;1-2-3/h4,6H,1-3,5H2;1H3/t4-;/m1./s1. The van der Waals surface area contributed by atoms with Gasteiger partial charge in [0.15, 0.2) is 0 Å². The summed E-state index contributed by atoms with van der Waals surface area (Å²) in [6, 6.07) is 2.19. The van der Waals surface area contributed by atoms with E-state index in [2.05, 4.69) is 5.32 Å². The van der Waals surface area contributed by atoms with E-state index in [1.54, 1.807) is 6.07 Å². The van der Waals surface area contributed by atoms with Crippen LogP contribution < -0.4 is 11.1 Å². The van der Waals surface area contributed by atoms with Gasteiger partial charge in [0.25, 0.3) is 0 Å². The maximum atomic E-state index is 7.32. The molecule has 0 aliphatic carbocycles. The van der Waals surface area contributed by atoms with Crippen LogP contribution in [-0.2, 0) is 0 Å². The normalized spacial score (nSPS) is 23.9. The van der Waals surface area contributed by atoms with Crippen LogP contribution in [0.1, 0.15) is 13.3 Å². The van der Waals surface area contributed by atoms with Crippen molar-refractivity contribution < 1.29 is 0 Å². The Morgan fingerprint density at radius 1 is 1.78 bits per heavy atom. The molecule has 0 saturated carbocycles. The fourth-order valence-electron chi connectivity index (χ4n) is 0.677. The number of nitrogens with two attached hydrogens (primary N) is 1. The Bertz CT molecular complexity index is 89.0. The first-order chi connectivity index (χ1) is 4.31. The second-order valence-corrected chi connectivity index (χ2v) is 1.98. The average molecular weight is 127 g/mol. The molecule has 1 atom stereocenters. The number of nitriles is 1. The number of hydrogen-bond acceptors (Lipinski definition) is 3. The molecule has 0 unspecified atom stereocenters. The molecule has 0 aromatic heterocycles. The number of nitrogens with zero attached hydrogens (tertiary/aromatic N) is 1. The quantitative estimate of drug-likeness (QED) is 0.475. The van der Waals surface area contributed by atoms with Gasteiger partial charge in [0.1, 0.15) is 0 Å². The van der Waals surface area contributed by atoms with Crippen molar-refractivity contribution in [1.29, 1.82) is 5.26 Å². The van der Waals surface area contributed by atoms with E-state index in [1.807, 2.05) is 0 Å². The highest BCUT2D eigenvalue weighted by molar-refractivity contribution is 4.72. The van der Waals surface area contributed by atoms with Gasteiger partial charge in [0.05, 0.1) is 6.07 Å². The fraction of sp³-hybridized carbons (Fsp3) is 0.833. The molecule has 0 radical (unpaired) electrons. The Kier molecular flexibility index (Phi) is 5.18. The van der Waals surface area contributed by atoms with Crippen molar-refractivity contribution in [2.45, 2.75) is 19.4 Å². The van der Waals surface area contributed by atoms with Crippen LogP contribution in [0, 0.1) is 11.3 Å². The average Bonchev–Trinajstić information content (AvgIpc) is 2.20. The minimum absolute atomic E-state index is 0.435. The van der Waals surface area contributed by atoms with Gasteiger partial charge in [-0.05, 0) is 13.0 Å². The summed E-state index contributed by atoms with van der Waals surface area (Å²) < 4.78 is 0. The molecule has 9 heavy (non-hydrogen) atoms. The highest BCUT2D eigenvalue weighted by Crippen LogP contribution is 1.90. The van der Waals surface area contributed by atoms with Crippen molar-refractivity contribution in [2.24, 2.45) is 5.73 Å². The van der Waals surface area contributed by atoms with Crippen LogP contribution in [0.25, 0.3) is 0 Å². The summed E-state index contributed by atoms with van der Waals surface area (Å²) in [5, 5.41) is 10.5. The zero-order chi connectivity index (χ0) is 7.11. The van der Waals surface area contributed by atoms with Gasteiger partial charge in [0.2, 0.25) is 0 Å². The summed E-state index contributed by atoms with van der Waals surface area (Å²) in [6.45, 7) is 3.56. The van der Waals surface area contributed by atoms with Crippen molar-refractivity contribution in [1.82, 2.24) is 5.32 Å². The zero-order valence-electron chi connectivity index (χ0n) is 5.72. The first-order valence-electron chi connectivity index (χ1n) is 3.08. The molecular weight excluding hydrogens is 114 g/mol. The number of hydrogen-bond donors (Lipinski definition) is 2. The summed E-state index contributed by atoms with van der Waals surface area (Å²) in [4.78, 5) is 0.